The van der Waals surface area contributed by atoms with E-state index in [0.29, 0.717) is 6.04 Å². The Hall–Kier alpha value is -1.76. The van der Waals surface area contributed by atoms with Crippen molar-refractivity contribution in [2.45, 2.75) is 25.3 Å². The van der Waals surface area contributed by atoms with E-state index in [4.69, 9.17) is 0 Å². The van der Waals surface area contributed by atoms with Crippen LogP contribution in [0.5, 0.6) is 0 Å². The molecule has 1 aliphatic rings. The molecule has 0 amide bonds. The number of allylic oxidation sites excluding steroid dienone is 1. The number of hydrogen-bond acceptors (Lipinski definition) is 1. The van der Waals surface area contributed by atoms with Crippen LogP contribution >= 0.6 is 0 Å². The largest absolute Gasteiger partial charge is 0.379 e. The van der Waals surface area contributed by atoms with Gasteiger partial charge in [-0.15, -0.1) is 0 Å². The summed E-state index contributed by atoms with van der Waals surface area (Å²) >= 11 is 0. The number of hydrogen-bond donors (Lipinski definition) is 1. The van der Waals surface area contributed by atoms with Gasteiger partial charge in [-0.1, -0.05) is 42.5 Å². The van der Waals surface area contributed by atoms with E-state index in [1.54, 1.807) is 0 Å². The zero-order valence-corrected chi connectivity index (χ0v) is 9.89. The maximum absolute atomic E-state index is 3.59. The minimum absolute atomic E-state index is 0.505. The van der Waals surface area contributed by atoms with Crippen molar-refractivity contribution in [1.29, 1.82) is 0 Å². The topological polar surface area (TPSA) is 12.0 Å². The Morgan fingerprint density at radius 2 is 1.88 bits per heavy atom. The Labute approximate surface area is 102 Å². The van der Waals surface area contributed by atoms with Gasteiger partial charge in [0.25, 0.3) is 0 Å². The van der Waals surface area contributed by atoms with Crippen molar-refractivity contribution in [1.82, 2.24) is 0 Å². The molecule has 1 unspecified atom stereocenters. The zero-order valence-electron chi connectivity index (χ0n) is 9.89. The standard InChI is InChI=1S/C16H17N/c1-2-8-15(9-3-1)17-16-11-10-13-6-4-5-7-14(13)12-16/h2,4-8,10-12,15,17H,1,3,9H2. The van der Waals surface area contributed by atoms with E-state index in [-0.39, 0.29) is 0 Å². The van der Waals surface area contributed by atoms with Gasteiger partial charge in [0.1, 0.15) is 0 Å². The molecule has 1 atom stereocenters. The maximum atomic E-state index is 3.59. The lowest BCUT2D eigenvalue weighted by atomic mass is 10.0. The second-order valence-corrected chi connectivity index (χ2v) is 4.67. The van der Waals surface area contributed by atoms with Crippen molar-refractivity contribution in [3.05, 3.63) is 54.6 Å². The number of fused-ring (bicyclic) bond motifs is 1. The van der Waals surface area contributed by atoms with Crippen LogP contribution in [0.3, 0.4) is 0 Å². The van der Waals surface area contributed by atoms with Crippen molar-refractivity contribution < 1.29 is 0 Å². The lowest BCUT2D eigenvalue weighted by Crippen LogP contribution is -2.18. The molecular weight excluding hydrogens is 206 g/mol. The highest BCUT2D eigenvalue weighted by Gasteiger charge is 2.07. The number of anilines is 1. The van der Waals surface area contributed by atoms with Gasteiger partial charge in [-0.2, -0.15) is 0 Å². The Morgan fingerprint density at radius 3 is 2.71 bits per heavy atom. The molecule has 86 valence electrons. The van der Waals surface area contributed by atoms with Crippen LogP contribution in [0, 0.1) is 0 Å². The molecule has 1 nitrogen and oxygen atoms in total. The second kappa shape index (κ2) is 4.62. The first-order valence-corrected chi connectivity index (χ1v) is 6.34. The molecule has 17 heavy (non-hydrogen) atoms. The molecule has 1 aliphatic carbocycles. The first-order valence-electron chi connectivity index (χ1n) is 6.34. The van der Waals surface area contributed by atoms with Crippen molar-refractivity contribution in [3.63, 3.8) is 0 Å². The van der Waals surface area contributed by atoms with E-state index in [0.717, 1.165) is 0 Å². The van der Waals surface area contributed by atoms with Gasteiger partial charge in [0.15, 0.2) is 0 Å². The summed E-state index contributed by atoms with van der Waals surface area (Å²) in [4.78, 5) is 0. The third-order valence-electron chi connectivity index (χ3n) is 3.36. The SMILES string of the molecule is C1=CC(Nc2ccc3ccccc3c2)CCC1. The monoisotopic (exact) mass is 223 g/mol. The molecule has 0 spiro atoms. The number of nitrogens with one attached hydrogen (secondary N) is 1. The van der Waals surface area contributed by atoms with Crippen LogP contribution in [0.4, 0.5) is 5.69 Å². The van der Waals surface area contributed by atoms with Gasteiger partial charge in [-0.3, -0.25) is 0 Å². The Bertz CT molecular complexity index is 542. The van der Waals surface area contributed by atoms with Gasteiger partial charge in [-0.05, 0) is 42.2 Å². The van der Waals surface area contributed by atoms with Crippen molar-refractivity contribution in [3.8, 4) is 0 Å². The third kappa shape index (κ3) is 2.33. The Morgan fingerprint density at radius 1 is 1.00 bits per heavy atom. The molecule has 0 aliphatic heterocycles. The highest BCUT2D eigenvalue weighted by atomic mass is 14.9. The summed E-state index contributed by atoms with van der Waals surface area (Å²) < 4.78 is 0. The maximum Gasteiger partial charge on any atom is 0.0444 e. The highest BCUT2D eigenvalue weighted by Crippen LogP contribution is 2.21. The van der Waals surface area contributed by atoms with Gasteiger partial charge in [0.2, 0.25) is 0 Å². The van der Waals surface area contributed by atoms with Gasteiger partial charge in [0, 0.05) is 11.7 Å². The van der Waals surface area contributed by atoms with Crippen LogP contribution in [0.2, 0.25) is 0 Å². The lowest BCUT2D eigenvalue weighted by molar-refractivity contribution is 0.674. The second-order valence-electron chi connectivity index (χ2n) is 4.67. The molecule has 0 saturated heterocycles. The first kappa shape index (κ1) is 10.4. The minimum Gasteiger partial charge on any atom is -0.379 e. The fourth-order valence-corrected chi connectivity index (χ4v) is 2.43. The van der Waals surface area contributed by atoms with E-state index < -0.39 is 0 Å². The summed E-state index contributed by atoms with van der Waals surface area (Å²) in [6.07, 6.45) is 8.34. The summed E-state index contributed by atoms with van der Waals surface area (Å²) in [5.74, 6) is 0. The van der Waals surface area contributed by atoms with E-state index in [9.17, 15) is 0 Å². The molecular formula is C16H17N. The molecule has 1 heteroatoms. The molecule has 0 fully saturated rings. The van der Waals surface area contributed by atoms with Gasteiger partial charge >= 0.3 is 0 Å². The summed E-state index contributed by atoms with van der Waals surface area (Å²) in [5.41, 5.74) is 1.22. The van der Waals surface area contributed by atoms with Crippen molar-refractivity contribution in [2.24, 2.45) is 0 Å². The Kier molecular flexibility index (Phi) is 2.83. The quantitative estimate of drug-likeness (QED) is 0.746. The molecule has 0 saturated carbocycles. The van der Waals surface area contributed by atoms with Crippen LogP contribution in [0.1, 0.15) is 19.3 Å². The van der Waals surface area contributed by atoms with Crippen molar-refractivity contribution in [2.75, 3.05) is 5.32 Å². The molecule has 0 radical (unpaired) electrons. The molecule has 0 heterocycles. The smallest absolute Gasteiger partial charge is 0.0444 e. The van der Waals surface area contributed by atoms with Crippen molar-refractivity contribution >= 4 is 16.5 Å². The predicted octanol–water partition coefficient (Wildman–Crippen LogP) is 4.36. The van der Waals surface area contributed by atoms with E-state index >= 15 is 0 Å². The predicted molar refractivity (Wildman–Crippen MR) is 74.3 cm³/mol. The third-order valence-corrected chi connectivity index (χ3v) is 3.36. The first-order chi connectivity index (χ1) is 8.42. The van der Waals surface area contributed by atoms with Crippen LogP contribution in [-0.2, 0) is 0 Å². The average Bonchev–Trinajstić information content (AvgIpc) is 2.40. The molecule has 2 aromatic rings. The van der Waals surface area contributed by atoms with Crippen LogP contribution in [0.25, 0.3) is 10.8 Å². The molecule has 0 aromatic heterocycles. The minimum atomic E-state index is 0.505. The van der Waals surface area contributed by atoms with Crippen LogP contribution in [0.15, 0.2) is 54.6 Å². The normalized spacial score (nSPS) is 19.4. The summed E-state index contributed by atoms with van der Waals surface area (Å²) in [6, 6.07) is 15.6. The summed E-state index contributed by atoms with van der Waals surface area (Å²) in [7, 11) is 0. The highest BCUT2D eigenvalue weighted by molar-refractivity contribution is 5.85. The number of benzene rings is 2. The van der Waals surface area contributed by atoms with Gasteiger partial charge < -0.3 is 5.32 Å². The fourth-order valence-electron chi connectivity index (χ4n) is 2.43. The Balaban J connectivity index is 1.85. The van der Waals surface area contributed by atoms with Gasteiger partial charge in [0.05, 0.1) is 0 Å². The van der Waals surface area contributed by atoms with Gasteiger partial charge in [-0.25, -0.2) is 0 Å². The number of rotatable bonds is 2. The molecule has 3 rings (SSSR count). The summed E-state index contributed by atoms with van der Waals surface area (Å²) in [6.45, 7) is 0. The van der Waals surface area contributed by atoms with E-state index in [1.165, 1.54) is 35.7 Å². The zero-order chi connectivity index (χ0) is 11.5. The average molecular weight is 223 g/mol. The lowest BCUT2D eigenvalue weighted by Gasteiger charge is -2.19. The van der Waals surface area contributed by atoms with Crippen LogP contribution in [-0.4, -0.2) is 6.04 Å². The molecule has 2 aromatic carbocycles. The van der Waals surface area contributed by atoms with E-state index in [1.807, 2.05) is 0 Å². The van der Waals surface area contributed by atoms with E-state index in [2.05, 4.69) is 59.9 Å². The van der Waals surface area contributed by atoms with Crippen LogP contribution < -0.4 is 5.32 Å². The fraction of sp³-hybridized carbons (Fsp3) is 0.250. The summed E-state index contributed by atoms with van der Waals surface area (Å²) in [5, 5.41) is 6.19. The molecule has 1 N–H and O–H groups in total. The molecule has 0 bridgehead atoms.